The molecule has 7 heteroatoms. The number of hydrogen-bond donors (Lipinski definition) is 3. The standard InChI is InChI=1S/C4H10N2O4S/c1-11(9,10)6-2-3(5)4(7)8/h3,6H,2,5H2,1H3,(H,7,8)/t3-/m0/s1. The number of sulfonamides is 1. The number of carbonyl (C=O) groups is 1. The van der Waals surface area contributed by atoms with Crippen LogP contribution in [0.2, 0.25) is 0 Å². The average Bonchev–Trinajstić information content (AvgIpc) is 1.80. The highest BCUT2D eigenvalue weighted by molar-refractivity contribution is 7.88. The van der Waals surface area contributed by atoms with Crippen LogP contribution in [0, 0.1) is 0 Å². The minimum Gasteiger partial charge on any atom is -0.480 e. The van der Waals surface area contributed by atoms with Gasteiger partial charge in [0.1, 0.15) is 6.04 Å². The van der Waals surface area contributed by atoms with Gasteiger partial charge in [0, 0.05) is 6.54 Å². The summed E-state index contributed by atoms with van der Waals surface area (Å²) in [6.45, 7) is -0.284. The number of carboxylic acid groups (broad SMARTS) is 1. The Morgan fingerprint density at radius 2 is 2.18 bits per heavy atom. The molecule has 0 aliphatic heterocycles. The Kier molecular flexibility index (Phi) is 3.43. The highest BCUT2D eigenvalue weighted by Crippen LogP contribution is 1.78. The van der Waals surface area contributed by atoms with E-state index in [4.69, 9.17) is 10.8 Å². The summed E-state index contributed by atoms with van der Waals surface area (Å²) in [6, 6.07) is -1.19. The van der Waals surface area contributed by atoms with E-state index in [9.17, 15) is 13.2 Å². The van der Waals surface area contributed by atoms with Crippen molar-refractivity contribution in [2.75, 3.05) is 12.8 Å². The zero-order valence-electron chi connectivity index (χ0n) is 5.94. The van der Waals surface area contributed by atoms with E-state index in [2.05, 4.69) is 0 Å². The normalized spacial score (nSPS) is 14.4. The molecule has 11 heavy (non-hydrogen) atoms. The van der Waals surface area contributed by atoms with E-state index in [1.807, 2.05) is 4.72 Å². The van der Waals surface area contributed by atoms with Crippen LogP contribution in [-0.2, 0) is 14.8 Å². The summed E-state index contributed by atoms with van der Waals surface area (Å²) in [7, 11) is -3.35. The fraction of sp³-hybridized carbons (Fsp3) is 0.750. The largest absolute Gasteiger partial charge is 0.480 e. The van der Waals surface area contributed by atoms with Crippen LogP contribution in [-0.4, -0.2) is 38.3 Å². The smallest absolute Gasteiger partial charge is 0.321 e. The van der Waals surface area contributed by atoms with Crippen LogP contribution in [0.15, 0.2) is 0 Å². The Hall–Kier alpha value is -0.660. The summed E-state index contributed by atoms with van der Waals surface area (Å²) in [5.74, 6) is -1.24. The van der Waals surface area contributed by atoms with Gasteiger partial charge in [0.25, 0.3) is 0 Å². The van der Waals surface area contributed by atoms with Crippen molar-refractivity contribution in [3.05, 3.63) is 0 Å². The van der Waals surface area contributed by atoms with E-state index < -0.39 is 22.0 Å². The van der Waals surface area contributed by atoms with E-state index in [0.29, 0.717) is 0 Å². The second kappa shape index (κ2) is 3.65. The van der Waals surface area contributed by atoms with Crippen LogP contribution in [0.5, 0.6) is 0 Å². The molecule has 6 nitrogen and oxygen atoms in total. The molecule has 0 aliphatic carbocycles. The molecule has 66 valence electrons. The molecule has 0 saturated carbocycles. The van der Waals surface area contributed by atoms with Crippen molar-refractivity contribution in [3.63, 3.8) is 0 Å². The van der Waals surface area contributed by atoms with Crippen molar-refractivity contribution in [3.8, 4) is 0 Å². The first-order valence-electron chi connectivity index (χ1n) is 2.76. The third-order valence-electron chi connectivity index (χ3n) is 0.883. The highest BCUT2D eigenvalue weighted by Gasteiger charge is 2.12. The van der Waals surface area contributed by atoms with Crippen molar-refractivity contribution in [1.29, 1.82) is 0 Å². The summed E-state index contributed by atoms with van der Waals surface area (Å²) in [5, 5.41) is 8.22. The second-order valence-electron chi connectivity index (χ2n) is 2.07. The van der Waals surface area contributed by atoms with Crippen LogP contribution in [0.1, 0.15) is 0 Å². The van der Waals surface area contributed by atoms with Gasteiger partial charge in [-0.3, -0.25) is 4.79 Å². The molecule has 0 rings (SSSR count). The Morgan fingerprint density at radius 3 is 2.45 bits per heavy atom. The third-order valence-corrected chi connectivity index (χ3v) is 1.57. The van der Waals surface area contributed by atoms with Gasteiger partial charge >= 0.3 is 5.97 Å². The van der Waals surface area contributed by atoms with Gasteiger partial charge in [-0.15, -0.1) is 0 Å². The number of rotatable bonds is 4. The van der Waals surface area contributed by atoms with Gasteiger partial charge in [-0.25, -0.2) is 13.1 Å². The zero-order chi connectivity index (χ0) is 9.07. The lowest BCUT2D eigenvalue weighted by molar-refractivity contribution is -0.138. The quantitative estimate of drug-likeness (QED) is 0.463. The summed E-state index contributed by atoms with van der Waals surface area (Å²) >= 11 is 0. The highest BCUT2D eigenvalue weighted by atomic mass is 32.2. The molecule has 0 aromatic heterocycles. The first-order chi connectivity index (χ1) is 4.83. The van der Waals surface area contributed by atoms with Crippen molar-refractivity contribution in [2.45, 2.75) is 6.04 Å². The molecule has 0 radical (unpaired) electrons. The Morgan fingerprint density at radius 1 is 1.73 bits per heavy atom. The minimum atomic E-state index is -3.35. The Labute approximate surface area is 64.4 Å². The van der Waals surface area contributed by atoms with Crippen LogP contribution < -0.4 is 10.5 Å². The van der Waals surface area contributed by atoms with Gasteiger partial charge in [-0.2, -0.15) is 0 Å². The predicted octanol–water partition coefficient (Wildman–Crippen LogP) is -2.05. The molecule has 1 atom stereocenters. The van der Waals surface area contributed by atoms with E-state index in [1.165, 1.54) is 0 Å². The lowest BCUT2D eigenvalue weighted by atomic mass is 10.3. The van der Waals surface area contributed by atoms with Crippen LogP contribution in [0.3, 0.4) is 0 Å². The first-order valence-corrected chi connectivity index (χ1v) is 4.65. The SMILES string of the molecule is CS(=O)(=O)NC[C@H](N)C(=O)O. The van der Waals surface area contributed by atoms with E-state index in [1.54, 1.807) is 0 Å². The van der Waals surface area contributed by atoms with Gasteiger partial charge in [-0.05, 0) is 0 Å². The molecule has 0 aromatic carbocycles. The topological polar surface area (TPSA) is 109 Å². The minimum absolute atomic E-state index is 0.284. The second-order valence-corrected chi connectivity index (χ2v) is 3.90. The number of carboxylic acids is 1. The summed E-state index contributed by atoms with van der Waals surface area (Å²) < 4.78 is 22.8. The molecular formula is C4H10N2O4S. The van der Waals surface area contributed by atoms with Gasteiger partial charge in [0.05, 0.1) is 6.26 Å². The maximum absolute atomic E-state index is 10.4. The van der Waals surface area contributed by atoms with Crippen molar-refractivity contribution in [2.24, 2.45) is 5.73 Å². The van der Waals surface area contributed by atoms with Gasteiger partial charge in [0.15, 0.2) is 0 Å². The number of nitrogens with one attached hydrogen (secondary N) is 1. The molecular weight excluding hydrogens is 172 g/mol. The van der Waals surface area contributed by atoms with Crippen molar-refractivity contribution in [1.82, 2.24) is 4.72 Å². The molecule has 0 heterocycles. The lowest BCUT2D eigenvalue weighted by Gasteiger charge is -2.05. The van der Waals surface area contributed by atoms with E-state index in [-0.39, 0.29) is 6.54 Å². The summed E-state index contributed by atoms with van der Waals surface area (Å²) in [5.41, 5.74) is 5.00. The Balaban J connectivity index is 3.82. The molecule has 0 bridgehead atoms. The molecule has 0 spiro atoms. The maximum atomic E-state index is 10.4. The zero-order valence-corrected chi connectivity index (χ0v) is 6.76. The molecule has 0 unspecified atom stereocenters. The lowest BCUT2D eigenvalue weighted by Crippen LogP contribution is -2.42. The van der Waals surface area contributed by atoms with Gasteiger partial charge in [0.2, 0.25) is 10.0 Å². The van der Waals surface area contributed by atoms with Crippen LogP contribution in [0.25, 0.3) is 0 Å². The molecule has 0 saturated heterocycles. The summed E-state index contributed by atoms with van der Waals surface area (Å²) in [4.78, 5) is 10.1. The van der Waals surface area contributed by atoms with Gasteiger partial charge < -0.3 is 10.8 Å². The number of nitrogens with two attached hydrogens (primary N) is 1. The molecule has 0 amide bonds. The molecule has 0 aromatic rings. The Bertz CT molecular complexity index is 234. The number of hydrogen-bond acceptors (Lipinski definition) is 4. The van der Waals surface area contributed by atoms with Crippen LogP contribution in [0.4, 0.5) is 0 Å². The fourth-order valence-corrected chi connectivity index (χ4v) is 0.811. The molecule has 4 N–H and O–H groups in total. The van der Waals surface area contributed by atoms with E-state index in [0.717, 1.165) is 6.26 Å². The fourth-order valence-electron chi connectivity index (χ4n) is 0.328. The monoisotopic (exact) mass is 182 g/mol. The third kappa shape index (κ3) is 5.77. The van der Waals surface area contributed by atoms with Gasteiger partial charge in [-0.1, -0.05) is 0 Å². The number of aliphatic carboxylic acids is 1. The molecule has 0 fully saturated rings. The predicted molar refractivity (Wildman–Crippen MR) is 38.5 cm³/mol. The average molecular weight is 182 g/mol. The first kappa shape index (κ1) is 10.3. The van der Waals surface area contributed by atoms with Crippen molar-refractivity contribution >= 4 is 16.0 Å². The van der Waals surface area contributed by atoms with Crippen molar-refractivity contribution < 1.29 is 18.3 Å². The van der Waals surface area contributed by atoms with Crippen LogP contribution >= 0.6 is 0 Å². The maximum Gasteiger partial charge on any atom is 0.321 e. The summed E-state index contributed by atoms with van der Waals surface area (Å²) in [6.07, 6.45) is 0.932. The molecule has 0 aliphatic rings. The van der Waals surface area contributed by atoms with E-state index >= 15 is 0 Å².